The van der Waals surface area contributed by atoms with Gasteiger partial charge in [0.15, 0.2) is 0 Å². The van der Waals surface area contributed by atoms with E-state index >= 15 is 0 Å². The number of piperazine rings is 1. The fourth-order valence-electron chi connectivity index (χ4n) is 2.32. The second kappa shape index (κ2) is 8.10. The molecule has 1 saturated heterocycles. The van der Waals surface area contributed by atoms with Crippen molar-refractivity contribution >= 4 is 22.2 Å². The topological polar surface area (TPSA) is 79.6 Å². The molecule has 1 aromatic heterocycles. The maximum absolute atomic E-state index is 11.9. The highest BCUT2D eigenvalue weighted by Gasteiger charge is 2.17. The van der Waals surface area contributed by atoms with Crippen LogP contribution in [0, 0.1) is 11.3 Å². The third-order valence-electron chi connectivity index (χ3n) is 3.57. The molecular formula is C14H20N4O2S. The SMILES string of the molecule is N#Cc1ccsc1NC(=O)CCN1CCN(CCO)CC1. The predicted molar refractivity (Wildman–Crippen MR) is 82.2 cm³/mol. The van der Waals surface area contributed by atoms with E-state index < -0.39 is 0 Å². The first-order valence-corrected chi connectivity index (χ1v) is 7.94. The number of thiophene rings is 1. The van der Waals surface area contributed by atoms with E-state index in [0.29, 0.717) is 17.0 Å². The minimum absolute atomic E-state index is 0.0493. The van der Waals surface area contributed by atoms with Crippen LogP contribution in [0.1, 0.15) is 12.0 Å². The lowest BCUT2D eigenvalue weighted by Gasteiger charge is -2.34. The van der Waals surface area contributed by atoms with Gasteiger partial charge in [0, 0.05) is 45.7 Å². The monoisotopic (exact) mass is 308 g/mol. The molecule has 0 spiro atoms. The van der Waals surface area contributed by atoms with E-state index in [1.165, 1.54) is 11.3 Å². The predicted octanol–water partition coefficient (Wildman–Crippen LogP) is 0.558. The number of β-amino-alcohol motifs (C(OH)–C–C–N with tert-alkyl or cyclic N) is 1. The average molecular weight is 308 g/mol. The van der Waals surface area contributed by atoms with Crippen molar-refractivity contribution in [3.05, 3.63) is 17.0 Å². The molecule has 6 nitrogen and oxygen atoms in total. The molecule has 1 aliphatic rings. The number of rotatable bonds is 6. The number of nitriles is 1. The molecule has 0 aromatic carbocycles. The maximum Gasteiger partial charge on any atom is 0.226 e. The Hall–Kier alpha value is -1.46. The summed E-state index contributed by atoms with van der Waals surface area (Å²) in [6.45, 7) is 5.38. The van der Waals surface area contributed by atoms with E-state index in [9.17, 15) is 4.79 Å². The number of nitrogens with zero attached hydrogens (tertiary/aromatic N) is 3. The minimum atomic E-state index is -0.0493. The van der Waals surface area contributed by atoms with Gasteiger partial charge in [-0.15, -0.1) is 11.3 Å². The number of amides is 1. The summed E-state index contributed by atoms with van der Waals surface area (Å²) in [7, 11) is 0. The molecule has 1 aromatic rings. The van der Waals surface area contributed by atoms with Crippen LogP contribution in [0.25, 0.3) is 0 Å². The maximum atomic E-state index is 11.9. The minimum Gasteiger partial charge on any atom is -0.395 e. The van der Waals surface area contributed by atoms with Gasteiger partial charge in [0.05, 0.1) is 12.2 Å². The Kier molecular flexibility index (Phi) is 6.14. The van der Waals surface area contributed by atoms with Crippen LogP contribution in [0.2, 0.25) is 0 Å². The van der Waals surface area contributed by atoms with Gasteiger partial charge in [0.25, 0.3) is 0 Å². The highest BCUT2D eigenvalue weighted by molar-refractivity contribution is 7.14. The molecule has 7 heteroatoms. The number of aliphatic hydroxyl groups excluding tert-OH is 1. The molecule has 2 N–H and O–H groups in total. The molecule has 0 aliphatic carbocycles. The first-order chi connectivity index (χ1) is 10.2. The Bertz CT molecular complexity index is 503. The van der Waals surface area contributed by atoms with Gasteiger partial charge in [-0.05, 0) is 11.4 Å². The molecule has 0 bridgehead atoms. The van der Waals surface area contributed by atoms with Gasteiger partial charge < -0.3 is 15.3 Å². The molecule has 114 valence electrons. The number of nitrogens with one attached hydrogen (secondary N) is 1. The third kappa shape index (κ3) is 4.79. The van der Waals surface area contributed by atoms with Crippen LogP contribution in [-0.4, -0.2) is 66.7 Å². The lowest BCUT2D eigenvalue weighted by Crippen LogP contribution is -2.47. The summed E-state index contributed by atoms with van der Waals surface area (Å²) in [6, 6.07) is 3.77. The van der Waals surface area contributed by atoms with Crippen LogP contribution in [-0.2, 0) is 4.79 Å². The van der Waals surface area contributed by atoms with E-state index in [2.05, 4.69) is 21.2 Å². The fourth-order valence-corrected chi connectivity index (χ4v) is 3.07. The molecule has 0 saturated carbocycles. The molecule has 1 aliphatic heterocycles. The summed E-state index contributed by atoms with van der Waals surface area (Å²) in [6.07, 6.45) is 0.433. The summed E-state index contributed by atoms with van der Waals surface area (Å²) >= 11 is 1.37. The molecule has 0 radical (unpaired) electrons. The summed E-state index contributed by atoms with van der Waals surface area (Å²) in [5, 5.41) is 23.0. The zero-order chi connectivity index (χ0) is 15.1. The van der Waals surface area contributed by atoms with Crippen molar-refractivity contribution in [3.8, 4) is 6.07 Å². The van der Waals surface area contributed by atoms with Gasteiger partial charge in [-0.1, -0.05) is 0 Å². The normalized spacial score (nSPS) is 16.6. The zero-order valence-electron chi connectivity index (χ0n) is 11.9. The van der Waals surface area contributed by atoms with E-state index in [1.54, 1.807) is 11.4 Å². The number of carbonyl (C=O) groups excluding carboxylic acids is 1. The number of aliphatic hydroxyl groups is 1. The number of hydrogen-bond donors (Lipinski definition) is 2. The molecule has 1 amide bonds. The fraction of sp³-hybridized carbons (Fsp3) is 0.571. The Balaban J connectivity index is 1.69. The number of hydrogen-bond acceptors (Lipinski definition) is 6. The highest BCUT2D eigenvalue weighted by Crippen LogP contribution is 2.22. The van der Waals surface area contributed by atoms with Crippen molar-refractivity contribution in [3.63, 3.8) is 0 Å². The summed E-state index contributed by atoms with van der Waals surface area (Å²) in [5.41, 5.74) is 0.519. The number of anilines is 1. The van der Waals surface area contributed by atoms with Crippen LogP contribution in [0.4, 0.5) is 5.00 Å². The molecule has 2 heterocycles. The molecule has 21 heavy (non-hydrogen) atoms. The molecule has 1 fully saturated rings. The van der Waals surface area contributed by atoms with E-state index in [-0.39, 0.29) is 12.5 Å². The van der Waals surface area contributed by atoms with Gasteiger partial charge in [0.1, 0.15) is 11.1 Å². The Morgan fingerprint density at radius 1 is 1.33 bits per heavy atom. The van der Waals surface area contributed by atoms with Crippen molar-refractivity contribution in [2.45, 2.75) is 6.42 Å². The average Bonchev–Trinajstić information content (AvgIpc) is 2.94. The van der Waals surface area contributed by atoms with Crippen molar-refractivity contribution in [1.82, 2.24) is 9.80 Å². The molecule has 0 unspecified atom stereocenters. The van der Waals surface area contributed by atoms with Crippen LogP contribution < -0.4 is 5.32 Å². The van der Waals surface area contributed by atoms with Crippen LogP contribution >= 0.6 is 11.3 Å². The van der Waals surface area contributed by atoms with Gasteiger partial charge >= 0.3 is 0 Å². The van der Waals surface area contributed by atoms with E-state index in [0.717, 1.165) is 39.3 Å². The van der Waals surface area contributed by atoms with Crippen molar-refractivity contribution in [2.24, 2.45) is 0 Å². The van der Waals surface area contributed by atoms with Gasteiger partial charge in [0.2, 0.25) is 5.91 Å². The van der Waals surface area contributed by atoms with Crippen molar-refractivity contribution < 1.29 is 9.90 Å². The smallest absolute Gasteiger partial charge is 0.226 e. The molecular weight excluding hydrogens is 288 g/mol. The third-order valence-corrected chi connectivity index (χ3v) is 4.40. The Labute approximate surface area is 128 Å². The first-order valence-electron chi connectivity index (χ1n) is 7.06. The van der Waals surface area contributed by atoms with Gasteiger partial charge in [-0.2, -0.15) is 5.26 Å². The number of carbonyl (C=O) groups is 1. The van der Waals surface area contributed by atoms with Crippen LogP contribution in [0.3, 0.4) is 0 Å². The molecule has 2 rings (SSSR count). The van der Waals surface area contributed by atoms with Crippen LogP contribution in [0.5, 0.6) is 0 Å². The standard InChI is InChI=1S/C14H20N4O2S/c15-11-12-2-10-21-14(12)16-13(20)1-3-17-4-6-18(7-5-17)8-9-19/h2,10,19H,1,3-9H2,(H,16,20). The van der Waals surface area contributed by atoms with Crippen LogP contribution in [0.15, 0.2) is 11.4 Å². The largest absolute Gasteiger partial charge is 0.395 e. The van der Waals surface area contributed by atoms with Gasteiger partial charge in [-0.25, -0.2) is 0 Å². The quantitative estimate of drug-likeness (QED) is 0.803. The summed E-state index contributed by atoms with van der Waals surface area (Å²) < 4.78 is 0. The molecule has 0 atom stereocenters. The Morgan fingerprint density at radius 2 is 2.00 bits per heavy atom. The summed E-state index contributed by atoms with van der Waals surface area (Å²) in [4.78, 5) is 16.4. The lowest BCUT2D eigenvalue weighted by molar-refractivity contribution is -0.116. The zero-order valence-corrected chi connectivity index (χ0v) is 12.7. The van der Waals surface area contributed by atoms with Crippen molar-refractivity contribution in [1.29, 1.82) is 5.26 Å². The van der Waals surface area contributed by atoms with Crippen molar-refractivity contribution in [2.75, 3.05) is 51.2 Å². The van der Waals surface area contributed by atoms with E-state index in [4.69, 9.17) is 10.4 Å². The lowest BCUT2D eigenvalue weighted by atomic mass is 10.2. The highest BCUT2D eigenvalue weighted by atomic mass is 32.1. The second-order valence-electron chi connectivity index (χ2n) is 4.98. The second-order valence-corrected chi connectivity index (χ2v) is 5.90. The van der Waals surface area contributed by atoms with E-state index in [1.807, 2.05) is 0 Å². The summed E-state index contributed by atoms with van der Waals surface area (Å²) in [5.74, 6) is -0.0493. The van der Waals surface area contributed by atoms with Gasteiger partial charge in [-0.3, -0.25) is 9.69 Å². The first kappa shape index (κ1) is 15.9. The Morgan fingerprint density at radius 3 is 2.62 bits per heavy atom.